The Morgan fingerprint density at radius 2 is 1.89 bits per heavy atom. The number of benzene rings is 1. The zero-order valence-electron chi connectivity index (χ0n) is 9.80. The van der Waals surface area contributed by atoms with E-state index in [-0.39, 0.29) is 17.0 Å². The van der Waals surface area contributed by atoms with Gasteiger partial charge in [-0.2, -0.15) is 0 Å². The van der Waals surface area contributed by atoms with Gasteiger partial charge in [0, 0.05) is 21.9 Å². The summed E-state index contributed by atoms with van der Waals surface area (Å²) < 4.78 is 3.18. The monoisotopic (exact) mass is 366 g/mol. The smallest absolute Gasteiger partial charge is 0.137 e. The molecular weight excluding hydrogens is 356 g/mol. The van der Waals surface area contributed by atoms with Crippen molar-refractivity contribution in [3.05, 3.63) is 58.8 Å². The summed E-state index contributed by atoms with van der Waals surface area (Å²) >= 11 is 3.48. The van der Waals surface area contributed by atoms with Crippen LogP contribution < -0.4 is 0 Å². The summed E-state index contributed by atoms with van der Waals surface area (Å²) in [5.41, 5.74) is 4.30. The lowest BCUT2D eigenvalue weighted by Crippen LogP contribution is -1.86. The largest absolute Gasteiger partial charge is 0.304 e. The summed E-state index contributed by atoms with van der Waals surface area (Å²) in [7, 11) is 0. The Kier molecular flexibility index (Phi) is 3.88. The average Bonchev–Trinajstić information content (AvgIpc) is 2.74. The van der Waals surface area contributed by atoms with Gasteiger partial charge in [0.15, 0.2) is 0 Å². The second kappa shape index (κ2) is 5.24. The number of hydrogen-bond acceptors (Lipinski definition) is 1. The quantitative estimate of drug-likeness (QED) is 0.611. The molecule has 92 valence electrons. The van der Waals surface area contributed by atoms with Crippen molar-refractivity contribution in [3.8, 4) is 11.3 Å². The van der Waals surface area contributed by atoms with E-state index >= 15 is 0 Å². The Balaban J connectivity index is 0.00000120. The Morgan fingerprint density at radius 3 is 2.61 bits per heavy atom. The lowest BCUT2D eigenvalue weighted by atomic mass is 10.2. The molecule has 3 rings (SSSR count). The van der Waals surface area contributed by atoms with E-state index in [1.165, 1.54) is 5.69 Å². The normalized spacial score (nSPS) is 10.3. The molecule has 0 amide bonds. The van der Waals surface area contributed by atoms with Crippen molar-refractivity contribution in [3.63, 3.8) is 0 Å². The maximum Gasteiger partial charge on any atom is 0.137 e. The summed E-state index contributed by atoms with van der Waals surface area (Å²) in [5, 5.41) is 0. The third-order valence-corrected chi connectivity index (χ3v) is 3.31. The summed E-state index contributed by atoms with van der Waals surface area (Å²) in [4.78, 5) is 4.63. The molecule has 18 heavy (non-hydrogen) atoms. The first-order valence-electron chi connectivity index (χ1n) is 5.45. The highest BCUT2D eigenvalue weighted by Gasteiger charge is 2.05. The number of halogens is 2. The van der Waals surface area contributed by atoms with Crippen molar-refractivity contribution >= 4 is 38.6 Å². The fraction of sp³-hybridized carbons (Fsp3) is 0.0714. The van der Waals surface area contributed by atoms with Gasteiger partial charge >= 0.3 is 0 Å². The lowest BCUT2D eigenvalue weighted by Gasteiger charge is -1.96. The number of pyridine rings is 1. The molecule has 2 heterocycles. The van der Waals surface area contributed by atoms with Crippen LogP contribution in [0.4, 0.5) is 0 Å². The van der Waals surface area contributed by atoms with Gasteiger partial charge in [-0.25, -0.2) is 4.98 Å². The summed E-state index contributed by atoms with van der Waals surface area (Å²) in [6.07, 6.45) is 2.08. The minimum atomic E-state index is 0. The molecule has 2 aromatic heterocycles. The highest BCUT2D eigenvalue weighted by Crippen LogP contribution is 2.23. The fourth-order valence-electron chi connectivity index (χ4n) is 1.94. The van der Waals surface area contributed by atoms with E-state index in [0.717, 1.165) is 21.4 Å². The van der Waals surface area contributed by atoms with Gasteiger partial charge in [0.25, 0.3) is 0 Å². The molecule has 0 N–H and O–H groups in total. The maximum atomic E-state index is 4.63. The van der Waals surface area contributed by atoms with Crippen molar-refractivity contribution in [1.29, 1.82) is 0 Å². The number of aromatic nitrogens is 2. The second-order valence-electron chi connectivity index (χ2n) is 4.03. The van der Waals surface area contributed by atoms with Gasteiger partial charge in [-0.1, -0.05) is 34.1 Å². The van der Waals surface area contributed by atoms with Gasteiger partial charge in [0.05, 0.1) is 5.69 Å². The second-order valence-corrected chi connectivity index (χ2v) is 4.95. The van der Waals surface area contributed by atoms with Crippen LogP contribution in [0.1, 0.15) is 5.69 Å². The molecule has 0 aliphatic rings. The lowest BCUT2D eigenvalue weighted by molar-refractivity contribution is 1.09. The van der Waals surface area contributed by atoms with E-state index in [1.807, 2.05) is 24.3 Å². The van der Waals surface area contributed by atoms with Crippen molar-refractivity contribution in [2.75, 3.05) is 0 Å². The van der Waals surface area contributed by atoms with Crippen LogP contribution in [0.2, 0.25) is 0 Å². The predicted octanol–water partition coefficient (Wildman–Crippen LogP) is 4.65. The number of nitrogens with zero attached hydrogens (tertiary/aromatic N) is 2. The topological polar surface area (TPSA) is 17.3 Å². The third kappa shape index (κ3) is 2.35. The van der Waals surface area contributed by atoms with Gasteiger partial charge in [-0.05, 0) is 31.2 Å². The van der Waals surface area contributed by atoms with Crippen LogP contribution >= 0.6 is 32.9 Å². The highest BCUT2D eigenvalue weighted by molar-refractivity contribution is 9.10. The van der Waals surface area contributed by atoms with Crippen molar-refractivity contribution in [2.24, 2.45) is 0 Å². The molecule has 0 unspecified atom stereocenters. The molecular formula is C14H12Br2N2. The van der Waals surface area contributed by atoms with Crippen LogP contribution in [0.5, 0.6) is 0 Å². The van der Waals surface area contributed by atoms with Crippen LogP contribution in [0, 0.1) is 6.92 Å². The van der Waals surface area contributed by atoms with E-state index in [1.54, 1.807) is 0 Å². The zero-order valence-corrected chi connectivity index (χ0v) is 13.1. The molecule has 0 bridgehead atoms. The molecule has 0 saturated carbocycles. The average molecular weight is 368 g/mol. The van der Waals surface area contributed by atoms with Crippen molar-refractivity contribution in [2.45, 2.75) is 6.92 Å². The van der Waals surface area contributed by atoms with Gasteiger partial charge in [-0.15, -0.1) is 17.0 Å². The van der Waals surface area contributed by atoms with Gasteiger partial charge in [0.1, 0.15) is 5.65 Å². The Hall–Kier alpha value is -1.13. The minimum Gasteiger partial charge on any atom is -0.304 e. The molecule has 0 saturated heterocycles. The van der Waals surface area contributed by atoms with E-state index in [9.17, 15) is 0 Å². The Labute approximate surface area is 125 Å². The van der Waals surface area contributed by atoms with E-state index < -0.39 is 0 Å². The molecule has 0 fully saturated rings. The summed E-state index contributed by atoms with van der Waals surface area (Å²) in [6, 6.07) is 14.3. The van der Waals surface area contributed by atoms with Crippen molar-refractivity contribution in [1.82, 2.24) is 9.38 Å². The van der Waals surface area contributed by atoms with Crippen LogP contribution in [0.15, 0.2) is 53.1 Å². The van der Waals surface area contributed by atoms with Crippen LogP contribution in [0.25, 0.3) is 16.9 Å². The van der Waals surface area contributed by atoms with Crippen molar-refractivity contribution < 1.29 is 0 Å². The fourth-order valence-corrected chi connectivity index (χ4v) is 2.33. The molecule has 1 aromatic carbocycles. The van der Waals surface area contributed by atoms with E-state index in [0.29, 0.717) is 0 Å². The van der Waals surface area contributed by atoms with Crippen LogP contribution in [-0.4, -0.2) is 9.38 Å². The molecule has 0 radical (unpaired) electrons. The molecule has 0 aliphatic carbocycles. The van der Waals surface area contributed by atoms with Crippen LogP contribution in [0.3, 0.4) is 0 Å². The zero-order chi connectivity index (χ0) is 11.8. The predicted molar refractivity (Wildman–Crippen MR) is 83.4 cm³/mol. The first-order chi connectivity index (χ1) is 8.24. The van der Waals surface area contributed by atoms with E-state index in [4.69, 9.17) is 0 Å². The number of hydrogen-bond donors (Lipinski definition) is 0. The van der Waals surface area contributed by atoms with Gasteiger partial charge in [0.2, 0.25) is 0 Å². The number of fused-ring (bicyclic) bond motifs is 1. The third-order valence-electron chi connectivity index (χ3n) is 2.82. The Bertz CT molecular complexity index is 689. The summed E-state index contributed by atoms with van der Waals surface area (Å²) in [6.45, 7) is 2.08. The number of rotatable bonds is 1. The number of imidazole rings is 1. The van der Waals surface area contributed by atoms with Gasteiger partial charge in [-0.3, -0.25) is 0 Å². The molecule has 0 spiro atoms. The number of aryl methyl sites for hydroxylation is 1. The van der Waals surface area contributed by atoms with Crippen LogP contribution in [-0.2, 0) is 0 Å². The first-order valence-corrected chi connectivity index (χ1v) is 6.24. The molecule has 4 heteroatoms. The first kappa shape index (κ1) is 13.3. The standard InChI is InChI=1S/C14H11BrN2.BrH/c1-10-4-2-7-14-16-13(9-17(10)14)11-5-3-6-12(15)8-11;/h2-9H,1H3;1H. The molecule has 0 atom stereocenters. The molecule has 2 nitrogen and oxygen atoms in total. The van der Waals surface area contributed by atoms with Gasteiger partial charge < -0.3 is 4.40 Å². The minimum absolute atomic E-state index is 0. The highest BCUT2D eigenvalue weighted by atomic mass is 79.9. The molecule has 0 aliphatic heterocycles. The van der Waals surface area contributed by atoms with E-state index in [2.05, 4.69) is 56.6 Å². The maximum absolute atomic E-state index is 4.63. The summed E-state index contributed by atoms with van der Waals surface area (Å²) in [5.74, 6) is 0. The molecule has 3 aromatic rings. The SMILES string of the molecule is Br.Cc1cccc2nc(-c3cccc(Br)c3)cn12. The Morgan fingerprint density at radius 1 is 1.11 bits per heavy atom.